The maximum Gasteiger partial charge on any atom is 0.126 e. The van der Waals surface area contributed by atoms with E-state index < -0.39 is 0 Å². The highest BCUT2D eigenvalue weighted by molar-refractivity contribution is 5.38. The van der Waals surface area contributed by atoms with Gasteiger partial charge in [0, 0.05) is 18.3 Å². The van der Waals surface area contributed by atoms with Gasteiger partial charge in [-0.2, -0.15) is 0 Å². The van der Waals surface area contributed by atoms with E-state index in [0.29, 0.717) is 12.1 Å². The van der Waals surface area contributed by atoms with Gasteiger partial charge in [-0.05, 0) is 50.4 Å². The van der Waals surface area contributed by atoms with Gasteiger partial charge >= 0.3 is 0 Å². The Morgan fingerprint density at radius 3 is 2.88 bits per heavy atom. The van der Waals surface area contributed by atoms with Crippen molar-refractivity contribution in [1.29, 1.82) is 0 Å². The molecule has 0 amide bonds. The summed E-state index contributed by atoms with van der Waals surface area (Å²) in [4.78, 5) is 7.08. The molecule has 1 saturated carbocycles. The number of hydrogen-bond donors (Lipinski definition) is 1. The first kappa shape index (κ1) is 11.0. The van der Waals surface area contributed by atoms with Crippen LogP contribution in [0.2, 0.25) is 0 Å². The number of hydrogen-bond acceptors (Lipinski definition) is 3. The molecule has 3 nitrogen and oxygen atoms in total. The van der Waals surface area contributed by atoms with Crippen LogP contribution in [0.5, 0.6) is 0 Å². The molecule has 1 atom stereocenters. The summed E-state index contributed by atoms with van der Waals surface area (Å²) < 4.78 is 0. The minimum atomic E-state index is 0.600. The predicted molar refractivity (Wildman–Crippen MR) is 70.1 cm³/mol. The number of aromatic nitrogens is 1. The second-order valence-corrected chi connectivity index (χ2v) is 5.18. The second kappa shape index (κ2) is 4.65. The Morgan fingerprint density at radius 1 is 1.35 bits per heavy atom. The molecule has 0 spiro atoms. The third-order valence-corrected chi connectivity index (χ3v) is 3.87. The van der Waals surface area contributed by atoms with E-state index in [-0.39, 0.29) is 0 Å². The Balaban J connectivity index is 1.69. The summed E-state index contributed by atoms with van der Waals surface area (Å²) >= 11 is 0. The molecule has 0 radical (unpaired) electrons. The van der Waals surface area contributed by atoms with Gasteiger partial charge in [-0.15, -0.1) is 0 Å². The summed E-state index contributed by atoms with van der Waals surface area (Å²) in [5.41, 5.74) is 1.38. The molecule has 2 fully saturated rings. The average Bonchev–Trinajstić information content (AvgIpc) is 3.05. The van der Waals surface area contributed by atoms with Crippen LogP contribution in [0.15, 0.2) is 18.3 Å². The molecule has 1 aromatic heterocycles. The van der Waals surface area contributed by atoms with E-state index in [0.717, 1.165) is 12.4 Å². The molecular formula is C14H21N3. The van der Waals surface area contributed by atoms with Crippen LogP contribution in [-0.2, 0) is 0 Å². The molecule has 0 bridgehead atoms. The van der Waals surface area contributed by atoms with Gasteiger partial charge in [-0.25, -0.2) is 4.98 Å². The summed E-state index contributed by atoms with van der Waals surface area (Å²) in [6, 6.07) is 5.67. The van der Waals surface area contributed by atoms with Crippen molar-refractivity contribution in [2.24, 2.45) is 0 Å². The Labute approximate surface area is 103 Å². The van der Waals surface area contributed by atoms with Gasteiger partial charge < -0.3 is 5.32 Å². The van der Waals surface area contributed by atoms with E-state index in [2.05, 4.69) is 40.5 Å². The minimum Gasteiger partial charge on any atom is -0.367 e. The summed E-state index contributed by atoms with van der Waals surface area (Å²) in [7, 11) is 0. The average molecular weight is 231 g/mol. The summed E-state index contributed by atoms with van der Waals surface area (Å²) in [5.74, 6) is 1.04. The zero-order chi connectivity index (χ0) is 11.7. The Kier molecular flexibility index (Phi) is 3.02. The maximum absolute atomic E-state index is 4.53. The molecule has 92 valence electrons. The number of rotatable bonds is 4. The molecule has 1 unspecified atom stereocenters. The van der Waals surface area contributed by atoms with Crippen molar-refractivity contribution in [1.82, 2.24) is 9.88 Å². The number of likely N-dealkylation sites (tertiary alicyclic amines) is 1. The van der Waals surface area contributed by atoms with Crippen LogP contribution in [0.3, 0.4) is 0 Å². The van der Waals surface area contributed by atoms with E-state index in [1.807, 2.05) is 0 Å². The van der Waals surface area contributed by atoms with Crippen LogP contribution in [0.25, 0.3) is 0 Å². The first-order chi connectivity index (χ1) is 8.36. The SMILES string of the molecule is CCN1CCCC1c1ccc(NC2CC2)nc1. The van der Waals surface area contributed by atoms with E-state index in [4.69, 9.17) is 0 Å². The first-order valence-electron chi connectivity index (χ1n) is 6.83. The van der Waals surface area contributed by atoms with Crippen LogP contribution in [0.4, 0.5) is 5.82 Å². The lowest BCUT2D eigenvalue weighted by Crippen LogP contribution is -2.22. The zero-order valence-corrected chi connectivity index (χ0v) is 10.5. The number of anilines is 1. The predicted octanol–water partition coefficient (Wildman–Crippen LogP) is 2.81. The van der Waals surface area contributed by atoms with Crippen molar-refractivity contribution in [3.05, 3.63) is 23.9 Å². The fraction of sp³-hybridized carbons (Fsp3) is 0.643. The lowest BCUT2D eigenvalue weighted by molar-refractivity contribution is 0.271. The van der Waals surface area contributed by atoms with E-state index in [9.17, 15) is 0 Å². The highest BCUT2D eigenvalue weighted by Crippen LogP contribution is 2.31. The number of nitrogens with one attached hydrogen (secondary N) is 1. The molecular weight excluding hydrogens is 210 g/mol. The molecule has 1 saturated heterocycles. The third-order valence-electron chi connectivity index (χ3n) is 3.87. The van der Waals surface area contributed by atoms with Crippen LogP contribution in [-0.4, -0.2) is 29.0 Å². The van der Waals surface area contributed by atoms with Gasteiger partial charge in [-0.1, -0.05) is 13.0 Å². The van der Waals surface area contributed by atoms with Gasteiger partial charge in [0.1, 0.15) is 5.82 Å². The molecule has 1 aliphatic carbocycles. The lowest BCUT2D eigenvalue weighted by Gasteiger charge is -2.22. The molecule has 0 aromatic carbocycles. The molecule has 2 aliphatic rings. The van der Waals surface area contributed by atoms with E-state index in [1.54, 1.807) is 0 Å². The molecule has 2 heterocycles. The van der Waals surface area contributed by atoms with Gasteiger partial charge in [0.25, 0.3) is 0 Å². The van der Waals surface area contributed by atoms with Crippen LogP contribution in [0, 0.1) is 0 Å². The quantitative estimate of drug-likeness (QED) is 0.863. The van der Waals surface area contributed by atoms with Gasteiger partial charge in [0.2, 0.25) is 0 Å². The third kappa shape index (κ3) is 2.44. The Bertz CT molecular complexity index is 370. The highest BCUT2D eigenvalue weighted by Gasteiger charge is 2.25. The van der Waals surface area contributed by atoms with Crippen LogP contribution < -0.4 is 5.32 Å². The number of nitrogens with zero attached hydrogens (tertiary/aromatic N) is 2. The Hall–Kier alpha value is -1.09. The molecule has 17 heavy (non-hydrogen) atoms. The van der Waals surface area contributed by atoms with Gasteiger partial charge in [0.05, 0.1) is 0 Å². The van der Waals surface area contributed by atoms with Crippen molar-refractivity contribution in [2.45, 2.75) is 44.7 Å². The minimum absolute atomic E-state index is 0.600. The standard InChI is InChI=1S/C14H21N3/c1-2-17-9-3-4-13(17)11-5-8-14(15-10-11)16-12-6-7-12/h5,8,10,12-13H,2-4,6-7,9H2,1H3,(H,15,16). The molecule has 1 aromatic rings. The van der Waals surface area contributed by atoms with Gasteiger partial charge in [-0.3, -0.25) is 4.90 Å². The van der Waals surface area contributed by atoms with Gasteiger partial charge in [0.15, 0.2) is 0 Å². The van der Waals surface area contributed by atoms with Crippen molar-refractivity contribution >= 4 is 5.82 Å². The maximum atomic E-state index is 4.53. The van der Waals surface area contributed by atoms with Crippen LogP contribution in [0.1, 0.15) is 44.2 Å². The molecule has 3 heteroatoms. The fourth-order valence-corrected chi connectivity index (χ4v) is 2.71. The molecule has 3 rings (SSSR count). The Morgan fingerprint density at radius 2 is 2.24 bits per heavy atom. The topological polar surface area (TPSA) is 28.2 Å². The summed E-state index contributed by atoms with van der Waals surface area (Å²) in [5, 5.41) is 3.43. The smallest absolute Gasteiger partial charge is 0.126 e. The largest absolute Gasteiger partial charge is 0.367 e. The zero-order valence-electron chi connectivity index (χ0n) is 10.5. The first-order valence-corrected chi connectivity index (χ1v) is 6.83. The molecule has 1 aliphatic heterocycles. The lowest BCUT2D eigenvalue weighted by atomic mass is 10.1. The highest BCUT2D eigenvalue weighted by atomic mass is 15.2. The molecule has 1 N–H and O–H groups in total. The summed E-state index contributed by atoms with van der Waals surface area (Å²) in [6.07, 6.45) is 7.26. The van der Waals surface area contributed by atoms with Crippen molar-refractivity contribution in [3.8, 4) is 0 Å². The van der Waals surface area contributed by atoms with E-state index >= 15 is 0 Å². The normalized spacial score (nSPS) is 25.1. The van der Waals surface area contributed by atoms with Crippen molar-refractivity contribution in [2.75, 3.05) is 18.4 Å². The van der Waals surface area contributed by atoms with Crippen LogP contribution >= 0.6 is 0 Å². The second-order valence-electron chi connectivity index (χ2n) is 5.18. The summed E-state index contributed by atoms with van der Waals surface area (Å²) in [6.45, 7) is 4.63. The van der Waals surface area contributed by atoms with Crippen molar-refractivity contribution < 1.29 is 0 Å². The van der Waals surface area contributed by atoms with E-state index in [1.165, 1.54) is 37.8 Å². The van der Waals surface area contributed by atoms with Crippen molar-refractivity contribution in [3.63, 3.8) is 0 Å². The fourth-order valence-electron chi connectivity index (χ4n) is 2.71. The number of pyridine rings is 1. The monoisotopic (exact) mass is 231 g/mol.